The summed E-state index contributed by atoms with van der Waals surface area (Å²) in [6, 6.07) is 21.2. The van der Waals surface area contributed by atoms with Gasteiger partial charge in [-0.2, -0.15) is 8.75 Å². The fraction of sp³-hybridized carbons (Fsp3) is 0.636. The first-order valence-electron chi connectivity index (χ1n) is 29.2. The molecule has 0 spiro atoms. The van der Waals surface area contributed by atoms with Gasteiger partial charge in [-0.15, -0.1) is 22.7 Å². The molecule has 4 unspecified atom stereocenters. The molecule has 8 rings (SSSR count). The molecule has 2 aliphatic carbocycles. The molecule has 0 aliphatic heterocycles. The van der Waals surface area contributed by atoms with E-state index in [9.17, 15) is 0 Å². The molecule has 6 aromatic rings. The van der Waals surface area contributed by atoms with E-state index in [2.05, 4.69) is 168 Å². The highest BCUT2D eigenvalue weighted by Gasteiger charge is 2.50. The van der Waals surface area contributed by atoms with E-state index in [0.717, 1.165) is 11.0 Å². The van der Waals surface area contributed by atoms with E-state index in [1.165, 1.54) is 177 Å². The maximum Gasteiger partial charge on any atom is 0.113 e. The number of thiophene rings is 2. The van der Waals surface area contributed by atoms with Crippen LogP contribution in [0.4, 0.5) is 0 Å². The van der Waals surface area contributed by atoms with Gasteiger partial charge in [-0.25, -0.2) is 0 Å². The number of rotatable bonds is 25. The number of hydrogen-bond donors (Lipinski definition) is 0. The van der Waals surface area contributed by atoms with Crippen molar-refractivity contribution in [1.82, 2.24) is 8.75 Å². The first-order chi connectivity index (χ1) is 34.0. The third kappa shape index (κ3) is 10.6. The van der Waals surface area contributed by atoms with Crippen LogP contribution in [0, 0.1) is 23.7 Å². The molecule has 386 valence electrons. The molecule has 3 aromatic heterocycles. The Bertz CT molecular complexity index is 2690. The summed E-state index contributed by atoms with van der Waals surface area (Å²) in [4.78, 5) is 6.05. The summed E-state index contributed by atoms with van der Waals surface area (Å²) in [6.07, 6.45) is 25.7. The van der Waals surface area contributed by atoms with Crippen molar-refractivity contribution < 1.29 is 0 Å². The van der Waals surface area contributed by atoms with Crippen molar-refractivity contribution in [2.45, 2.75) is 247 Å². The lowest BCUT2D eigenvalue weighted by atomic mass is 9.64. The number of benzene rings is 3. The van der Waals surface area contributed by atoms with Crippen molar-refractivity contribution in [2.24, 2.45) is 23.7 Å². The lowest BCUT2D eigenvalue weighted by Crippen LogP contribution is -2.32. The van der Waals surface area contributed by atoms with Crippen molar-refractivity contribution in [3.8, 4) is 31.3 Å². The van der Waals surface area contributed by atoms with Crippen LogP contribution in [-0.4, -0.2) is 8.75 Å². The Balaban J connectivity index is 1.41. The first kappa shape index (κ1) is 54.4. The topological polar surface area (TPSA) is 25.8 Å². The number of fused-ring (bicyclic) bond motifs is 8. The smallest absolute Gasteiger partial charge is 0.113 e. The van der Waals surface area contributed by atoms with Gasteiger partial charge in [0.1, 0.15) is 11.0 Å². The van der Waals surface area contributed by atoms with Crippen LogP contribution in [0.15, 0.2) is 48.5 Å². The molecule has 3 heterocycles. The van der Waals surface area contributed by atoms with Crippen LogP contribution < -0.4 is 0 Å². The van der Waals surface area contributed by atoms with E-state index in [1.54, 1.807) is 37.6 Å². The highest BCUT2D eigenvalue weighted by atomic mass is 32.1. The quantitative estimate of drug-likeness (QED) is 0.0571. The van der Waals surface area contributed by atoms with E-state index >= 15 is 0 Å². The Labute approximate surface area is 445 Å². The summed E-state index contributed by atoms with van der Waals surface area (Å²) in [5.41, 5.74) is 14.5. The standard InChI is InChI=1S/C66H94N2S3/c1-15-23-27-43(19-5)39-65(40-44(20-6)28-24-16-2)53-35-48-34-51-54(36-47(48)33-50(53)61-55(65)37-57(69-61)49-31-32-52(63(9,10)11)60-59(49)67-71-68-60)66(41-45(21-7)29-25-17-3,42-46(22-8)30-26-18-4)56-38-58(64(12,13)14)70-62(51)56/h31-38,43-46H,15-30,39-42H2,1-14H3. The van der Waals surface area contributed by atoms with Gasteiger partial charge in [-0.05, 0) is 146 Å². The van der Waals surface area contributed by atoms with Gasteiger partial charge in [-0.1, -0.05) is 212 Å². The van der Waals surface area contributed by atoms with E-state index in [-0.39, 0.29) is 21.7 Å². The van der Waals surface area contributed by atoms with Crippen molar-refractivity contribution >= 4 is 56.2 Å². The second kappa shape index (κ2) is 22.5. The Morgan fingerprint density at radius 3 is 1.28 bits per heavy atom. The Morgan fingerprint density at radius 2 is 0.873 bits per heavy atom. The third-order valence-corrected chi connectivity index (χ3v) is 21.4. The molecule has 0 amide bonds. The van der Waals surface area contributed by atoms with Gasteiger partial charge >= 0.3 is 0 Å². The summed E-state index contributed by atoms with van der Waals surface area (Å²) in [6.45, 7) is 33.8. The maximum absolute atomic E-state index is 5.07. The monoisotopic (exact) mass is 1010 g/mol. The number of aromatic nitrogens is 2. The van der Waals surface area contributed by atoms with Crippen LogP contribution in [0.1, 0.15) is 258 Å². The SMILES string of the molecule is CCCCC(CC)CC1(CC(CC)CCCC)c2cc3cc4c(cc3cc2-c2sc(-c3ccc(C(C)(C)C)c5nsnc35)cc21)C(CC(CC)CCCC)(CC(CC)CCCC)c1cc(C(C)(C)C)sc1-4. The van der Waals surface area contributed by atoms with Crippen LogP contribution in [0.2, 0.25) is 0 Å². The molecule has 71 heavy (non-hydrogen) atoms. The molecule has 4 atom stereocenters. The van der Waals surface area contributed by atoms with Crippen LogP contribution in [0.5, 0.6) is 0 Å². The van der Waals surface area contributed by atoms with Crippen molar-refractivity contribution in [2.75, 3.05) is 0 Å². The van der Waals surface area contributed by atoms with Gasteiger partial charge in [-0.3, -0.25) is 0 Å². The van der Waals surface area contributed by atoms with Crippen LogP contribution >= 0.6 is 34.4 Å². The Hall–Kier alpha value is -2.86. The molecule has 0 bridgehead atoms. The lowest BCUT2D eigenvalue weighted by Gasteiger charge is -2.39. The van der Waals surface area contributed by atoms with Gasteiger partial charge in [0.25, 0.3) is 0 Å². The molecule has 0 N–H and O–H groups in total. The van der Waals surface area contributed by atoms with E-state index < -0.39 is 0 Å². The van der Waals surface area contributed by atoms with Crippen molar-refractivity contribution in [1.29, 1.82) is 0 Å². The zero-order valence-corrected chi connectivity index (χ0v) is 49.6. The minimum absolute atomic E-state index is 0.00258. The van der Waals surface area contributed by atoms with E-state index in [4.69, 9.17) is 8.75 Å². The molecule has 2 aliphatic rings. The van der Waals surface area contributed by atoms with Gasteiger partial charge in [0.05, 0.1) is 11.7 Å². The molecule has 0 fully saturated rings. The summed E-state index contributed by atoms with van der Waals surface area (Å²) in [5, 5.41) is 2.91. The number of nitrogens with zero attached hydrogens (tertiary/aromatic N) is 2. The minimum Gasteiger partial charge on any atom is -0.173 e. The summed E-state index contributed by atoms with van der Waals surface area (Å²) < 4.78 is 10.0. The number of unbranched alkanes of at least 4 members (excludes halogenated alkanes) is 4. The summed E-state index contributed by atoms with van der Waals surface area (Å²) in [7, 11) is 0. The normalized spacial score (nSPS) is 19.3. The van der Waals surface area contributed by atoms with E-state index in [1.807, 2.05) is 0 Å². The summed E-state index contributed by atoms with van der Waals surface area (Å²) in [5.74, 6) is 2.80. The lowest BCUT2D eigenvalue weighted by molar-refractivity contribution is 0.266. The molecule has 2 nitrogen and oxygen atoms in total. The average molecular weight is 1010 g/mol. The van der Waals surface area contributed by atoms with Crippen LogP contribution in [0.3, 0.4) is 0 Å². The fourth-order valence-corrected chi connectivity index (χ4v) is 16.9. The zero-order chi connectivity index (χ0) is 50.9. The number of hydrogen-bond acceptors (Lipinski definition) is 5. The Kier molecular flexibility index (Phi) is 17.3. The van der Waals surface area contributed by atoms with Crippen LogP contribution in [0.25, 0.3) is 53.1 Å². The van der Waals surface area contributed by atoms with Gasteiger partial charge < -0.3 is 0 Å². The molecular formula is C66H94N2S3. The first-order valence-corrected chi connectivity index (χ1v) is 31.6. The van der Waals surface area contributed by atoms with Gasteiger partial charge in [0.15, 0.2) is 0 Å². The van der Waals surface area contributed by atoms with Crippen molar-refractivity contribution in [3.05, 3.63) is 81.2 Å². The average Bonchev–Trinajstić information content (AvgIpc) is 4.19. The highest BCUT2D eigenvalue weighted by molar-refractivity contribution is 7.19. The summed E-state index contributed by atoms with van der Waals surface area (Å²) >= 11 is 5.58. The largest absolute Gasteiger partial charge is 0.173 e. The molecule has 3 aromatic carbocycles. The van der Waals surface area contributed by atoms with Gasteiger partial charge in [0, 0.05) is 35.9 Å². The maximum atomic E-state index is 5.07. The molecule has 0 saturated carbocycles. The van der Waals surface area contributed by atoms with E-state index in [0.29, 0.717) is 23.7 Å². The molecule has 0 saturated heterocycles. The molecule has 5 heteroatoms. The third-order valence-electron chi connectivity index (χ3n) is 18.1. The highest BCUT2D eigenvalue weighted by Crippen LogP contribution is 2.64. The minimum atomic E-state index is -0.0429. The fourth-order valence-electron chi connectivity index (χ4n) is 13.7. The predicted octanol–water partition coefficient (Wildman–Crippen LogP) is 22.2. The molecule has 0 radical (unpaired) electrons. The predicted molar refractivity (Wildman–Crippen MR) is 318 cm³/mol. The Morgan fingerprint density at radius 1 is 0.451 bits per heavy atom. The zero-order valence-electron chi connectivity index (χ0n) is 47.2. The van der Waals surface area contributed by atoms with Crippen LogP contribution in [-0.2, 0) is 21.7 Å². The van der Waals surface area contributed by atoms with Crippen molar-refractivity contribution in [3.63, 3.8) is 0 Å². The van der Waals surface area contributed by atoms with Gasteiger partial charge in [0.2, 0.25) is 0 Å². The molecular weight excluding hydrogens is 917 g/mol. The second-order valence-electron chi connectivity index (χ2n) is 25.1. The second-order valence-corrected chi connectivity index (χ2v) is 27.8.